The summed E-state index contributed by atoms with van der Waals surface area (Å²) in [6.45, 7) is 1.38. The maximum Gasteiger partial charge on any atom is 0.410 e. The second kappa shape index (κ2) is 14.1. The van der Waals surface area contributed by atoms with Gasteiger partial charge in [0.1, 0.15) is 17.0 Å². The Bertz CT molecular complexity index is 1610. The molecular weight excluding hydrogens is 590 g/mol. The van der Waals surface area contributed by atoms with Gasteiger partial charge >= 0.3 is 12.3 Å². The van der Waals surface area contributed by atoms with Crippen LogP contribution in [-0.2, 0) is 27.3 Å². The number of fused-ring (bicyclic) bond motifs is 1. The summed E-state index contributed by atoms with van der Waals surface area (Å²) >= 11 is 0. The summed E-state index contributed by atoms with van der Waals surface area (Å²) in [5.41, 5.74) is -0.624. The number of carbonyl (C=O) groups is 3. The van der Waals surface area contributed by atoms with Gasteiger partial charge in [0.25, 0.3) is 11.5 Å². The Morgan fingerprint density at radius 3 is 2.50 bits per heavy atom. The average Bonchev–Trinajstić information content (AvgIpc) is 3.37. The SMILES string of the molecule is Cc1ccc(NC(=O)C(CC/C=C/C(=O)N(C)C)OC(=O)N(C)C)c(=O)n1Cc1nc2c(F)cnc(CCC(F)(F)F)c2[nH]1. The van der Waals surface area contributed by atoms with Crippen LogP contribution >= 0.6 is 0 Å². The van der Waals surface area contributed by atoms with Crippen molar-refractivity contribution in [3.05, 3.63) is 63.9 Å². The molecule has 16 heteroatoms. The molecule has 238 valence electrons. The van der Waals surface area contributed by atoms with E-state index in [2.05, 4.69) is 20.3 Å². The minimum atomic E-state index is -4.44. The smallest absolute Gasteiger partial charge is 0.410 e. The number of hydrogen-bond donors (Lipinski definition) is 2. The number of nitrogens with one attached hydrogen (secondary N) is 2. The second-order valence-corrected chi connectivity index (χ2v) is 10.3. The van der Waals surface area contributed by atoms with Gasteiger partial charge in [0.2, 0.25) is 5.91 Å². The number of rotatable bonds is 11. The van der Waals surface area contributed by atoms with Gasteiger partial charge in [0.15, 0.2) is 11.9 Å². The van der Waals surface area contributed by atoms with Crippen LogP contribution in [-0.4, -0.2) is 87.7 Å². The van der Waals surface area contributed by atoms with Gasteiger partial charge in [0.05, 0.1) is 24.0 Å². The van der Waals surface area contributed by atoms with Gasteiger partial charge in [-0.3, -0.25) is 19.4 Å². The molecule has 0 radical (unpaired) electrons. The summed E-state index contributed by atoms with van der Waals surface area (Å²) in [7, 11) is 6.03. The summed E-state index contributed by atoms with van der Waals surface area (Å²) in [5.74, 6) is -1.82. The van der Waals surface area contributed by atoms with E-state index in [1.807, 2.05) is 0 Å². The van der Waals surface area contributed by atoms with Crippen molar-refractivity contribution in [2.45, 2.75) is 51.4 Å². The third-order valence-electron chi connectivity index (χ3n) is 6.40. The molecule has 0 aliphatic heterocycles. The molecule has 3 aromatic rings. The largest absolute Gasteiger partial charge is 0.436 e. The van der Waals surface area contributed by atoms with E-state index in [9.17, 15) is 36.7 Å². The predicted octanol–water partition coefficient (Wildman–Crippen LogP) is 3.54. The lowest BCUT2D eigenvalue weighted by Crippen LogP contribution is -2.38. The number of anilines is 1. The van der Waals surface area contributed by atoms with Crippen LogP contribution in [0.1, 0.15) is 36.5 Å². The van der Waals surface area contributed by atoms with Crippen LogP contribution in [0.5, 0.6) is 0 Å². The summed E-state index contributed by atoms with van der Waals surface area (Å²) in [6.07, 6.45) is -4.33. The van der Waals surface area contributed by atoms with E-state index >= 15 is 0 Å². The highest BCUT2D eigenvalue weighted by molar-refractivity contribution is 5.95. The molecule has 1 atom stereocenters. The molecule has 0 aliphatic carbocycles. The molecular formula is C28H33F4N7O5. The highest BCUT2D eigenvalue weighted by Gasteiger charge is 2.28. The number of hydrogen-bond acceptors (Lipinski definition) is 7. The lowest BCUT2D eigenvalue weighted by atomic mass is 10.1. The third kappa shape index (κ3) is 8.87. The van der Waals surface area contributed by atoms with Crippen molar-refractivity contribution in [2.75, 3.05) is 33.5 Å². The predicted molar refractivity (Wildman–Crippen MR) is 152 cm³/mol. The van der Waals surface area contributed by atoms with E-state index < -0.39 is 48.5 Å². The molecule has 0 saturated carbocycles. The third-order valence-corrected chi connectivity index (χ3v) is 6.40. The molecule has 0 fully saturated rings. The monoisotopic (exact) mass is 623 g/mol. The first-order valence-electron chi connectivity index (χ1n) is 13.4. The number of aromatic nitrogens is 4. The number of alkyl halides is 3. The standard InChI is InChI=1S/C28H33F4N7O5/c1-16-10-11-19(34-25(41)20(44-27(43)38(4)5)8-6-7-9-22(40)37(2)3)26(42)39(16)15-21-35-23-17(29)14-33-18(24(23)36-21)12-13-28(30,31)32/h7,9-11,14,20H,6,8,12-13,15H2,1-5H3,(H,34,41)(H,35,36)/b9-7+. The number of imidazole rings is 1. The van der Waals surface area contributed by atoms with Crippen LogP contribution in [0.4, 0.5) is 28.0 Å². The number of allylic oxidation sites excluding steroid dienone is 1. The molecule has 0 bridgehead atoms. The van der Waals surface area contributed by atoms with E-state index in [-0.39, 0.29) is 53.5 Å². The van der Waals surface area contributed by atoms with Crippen molar-refractivity contribution >= 4 is 34.6 Å². The number of halogens is 4. The van der Waals surface area contributed by atoms with Crippen molar-refractivity contribution in [2.24, 2.45) is 0 Å². The van der Waals surface area contributed by atoms with Gasteiger partial charge in [-0.2, -0.15) is 13.2 Å². The highest BCUT2D eigenvalue weighted by Crippen LogP contribution is 2.25. The quantitative estimate of drug-likeness (QED) is 0.246. The van der Waals surface area contributed by atoms with E-state index in [1.165, 1.54) is 47.8 Å². The van der Waals surface area contributed by atoms with E-state index in [4.69, 9.17) is 4.74 Å². The van der Waals surface area contributed by atoms with Gasteiger partial charge < -0.3 is 29.4 Å². The highest BCUT2D eigenvalue weighted by atomic mass is 19.4. The summed E-state index contributed by atoms with van der Waals surface area (Å²) in [6, 6.07) is 2.90. The normalized spacial score (nSPS) is 12.4. The topological polar surface area (TPSA) is 143 Å². The number of likely N-dealkylation sites (N-methyl/N-ethyl adjacent to an activating group) is 1. The summed E-state index contributed by atoms with van der Waals surface area (Å²) in [5, 5.41) is 2.48. The molecule has 3 heterocycles. The second-order valence-electron chi connectivity index (χ2n) is 10.3. The Morgan fingerprint density at radius 2 is 1.86 bits per heavy atom. The molecule has 0 saturated heterocycles. The lowest BCUT2D eigenvalue weighted by molar-refractivity contribution is -0.134. The van der Waals surface area contributed by atoms with Crippen molar-refractivity contribution < 1.29 is 36.7 Å². The molecule has 12 nitrogen and oxygen atoms in total. The van der Waals surface area contributed by atoms with Crippen LogP contribution in [0.2, 0.25) is 0 Å². The van der Waals surface area contributed by atoms with Crippen LogP contribution in [0, 0.1) is 12.7 Å². The van der Waals surface area contributed by atoms with E-state index in [1.54, 1.807) is 21.0 Å². The first-order chi connectivity index (χ1) is 20.6. The molecule has 44 heavy (non-hydrogen) atoms. The number of nitrogens with zero attached hydrogens (tertiary/aromatic N) is 5. The van der Waals surface area contributed by atoms with Crippen molar-refractivity contribution in [3.63, 3.8) is 0 Å². The first kappa shape index (κ1) is 33.7. The number of pyridine rings is 2. The Hall–Kier alpha value is -4.76. The Labute approximate surface area is 249 Å². The first-order valence-corrected chi connectivity index (χ1v) is 13.4. The molecule has 0 aliphatic rings. The van der Waals surface area contributed by atoms with Gasteiger partial charge in [0, 0.05) is 46.7 Å². The number of aryl methyl sites for hydroxylation is 2. The average molecular weight is 624 g/mol. The van der Waals surface area contributed by atoms with Crippen LogP contribution < -0.4 is 10.9 Å². The molecule has 0 aromatic carbocycles. The van der Waals surface area contributed by atoms with Gasteiger partial charge in [-0.15, -0.1) is 0 Å². The van der Waals surface area contributed by atoms with Gasteiger partial charge in [-0.05, 0) is 38.0 Å². The van der Waals surface area contributed by atoms with Gasteiger partial charge in [-0.25, -0.2) is 14.2 Å². The van der Waals surface area contributed by atoms with Crippen molar-refractivity contribution in [1.29, 1.82) is 0 Å². The summed E-state index contributed by atoms with van der Waals surface area (Å²) in [4.78, 5) is 63.7. The Balaban J connectivity index is 1.84. The van der Waals surface area contributed by atoms with Crippen LogP contribution in [0.3, 0.4) is 0 Å². The molecule has 3 rings (SSSR count). The maximum absolute atomic E-state index is 14.4. The molecule has 3 aromatic heterocycles. The number of ether oxygens (including phenoxy) is 1. The zero-order valence-corrected chi connectivity index (χ0v) is 24.8. The van der Waals surface area contributed by atoms with Crippen molar-refractivity contribution in [1.82, 2.24) is 29.3 Å². The number of H-pyrrole nitrogens is 1. The van der Waals surface area contributed by atoms with Gasteiger partial charge in [-0.1, -0.05) is 6.08 Å². The zero-order chi connectivity index (χ0) is 32.8. The minimum Gasteiger partial charge on any atom is -0.436 e. The fourth-order valence-electron chi connectivity index (χ4n) is 3.97. The van der Waals surface area contributed by atoms with E-state index in [0.717, 1.165) is 11.1 Å². The van der Waals surface area contributed by atoms with Crippen LogP contribution in [0.25, 0.3) is 11.0 Å². The Kier molecular flexibility index (Phi) is 10.8. The molecule has 3 amide bonds. The van der Waals surface area contributed by atoms with Crippen LogP contribution in [0.15, 0.2) is 35.3 Å². The molecule has 2 N–H and O–H groups in total. The fraction of sp³-hybridized carbons (Fsp3) is 0.429. The number of carbonyl (C=O) groups excluding carboxylic acids is 3. The molecule has 1 unspecified atom stereocenters. The Morgan fingerprint density at radius 1 is 1.16 bits per heavy atom. The zero-order valence-electron chi connectivity index (χ0n) is 24.8. The maximum atomic E-state index is 14.4. The minimum absolute atomic E-state index is 0.00806. The molecule has 0 spiro atoms. The number of aromatic amines is 1. The van der Waals surface area contributed by atoms with E-state index in [0.29, 0.717) is 5.69 Å². The fourth-order valence-corrected chi connectivity index (χ4v) is 3.97. The number of amides is 3. The lowest BCUT2D eigenvalue weighted by Gasteiger charge is -2.20. The summed E-state index contributed by atoms with van der Waals surface area (Å²) < 4.78 is 59.3. The van der Waals surface area contributed by atoms with Crippen molar-refractivity contribution in [3.8, 4) is 0 Å².